The monoisotopic (exact) mass is 854 g/mol. The fraction of sp³-hybridized carbons (Fsp3) is 0.860. The average molecular weight is 854 g/mol. The molecule has 0 aliphatic rings. The van der Waals surface area contributed by atoms with Gasteiger partial charge >= 0.3 is 5.97 Å². The van der Waals surface area contributed by atoms with Gasteiger partial charge in [-0.1, -0.05) is 173 Å². The van der Waals surface area contributed by atoms with Gasteiger partial charge in [0.15, 0.2) is 6.10 Å². The van der Waals surface area contributed by atoms with Crippen LogP contribution in [-0.2, 0) is 27.9 Å². The lowest BCUT2D eigenvalue weighted by atomic mass is 10.0. The topological polar surface area (TPSA) is 94.1 Å². The number of likely N-dealkylation sites (N-methyl/N-ethyl adjacent to an activating group) is 1. The zero-order valence-electron chi connectivity index (χ0n) is 39.5. The molecule has 0 aliphatic carbocycles. The second-order valence-electron chi connectivity index (χ2n) is 17.9. The summed E-state index contributed by atoms with van der Waals surface area (Å²) in [5, 5.41) is 0. The van der Waals surface area contributed by atoms with Gasteiger partial charge in [-0.05, 0) is 76.7 Å². The molecule has 0 bridgehead atoms. The summed E-state index contributed by atoms with van der Waals surface area (Å²) in [7, 11) is 1.36. The Kier molecular flexibility index (Phi) is 42.2. The van der Waals surface area contributed by atoms with Crippen molar-refractivity contribution in [3.8, 4) is 0 Å². The largest absolute Gasteiger partial charge is 0.756 e. The zero-order chi connectivity index (χ0) is 43.4. The summed E-state index contributed by atoms with van der Waals surface area (Å²) in [6.45, 7) is 4.71. The number of hydrogen-bond acceptors (Lipinski definition) is 7. The fourth-order valence-electron chi connectivity index (χ4n) is 6.81. The Morgan fingerprint density at radius 1 is 0.525 bits per heavy atom. The third kappa shape index (κ3) is 47.5. The minimum absolute atomic E-state index is 0.0264. The average Bonchev–Trinajstić information content (AvgIpc) is 3.19. The van der Waals surface area contributed by atoms with E-state index in [1.807, 2.05) is 27.2 Å². The molecule has 0 rings (SSSR count). The van der Waals surface area contributed by atoms with Gasteiger partial charge in [-0.2, -0.15) is 0 Å². The van der Waals surface area contributed by atoms with Crippen molar-refractivity contribution < 1.29 is 37.3 Å². The first-order valence-electron chi connectivity index (χ1n) is 24.8. The molecule has 0 aromatic carbocycles. The predicted octanol–water partition coefficient (Wildman–Crippen LogP) is 14.7. The summed E-state index contributed by atoms with van der Waals surface area (Å²) >= 11 is 0. The fourth-order valence-corrected chi connectivity index (χ4v) is 7.54. The van der Waals surface area contributed by atoms with Crippen LogP contribution >= 0.6 is 7.82 Å². The standard InChI is InChI=1S/C50H96NO7P/c1-6-8-10-12-14-16-18-20-22-24-25-26-27-28-29-31-33-35-37-39-41-43-50(52)56-47-49(48-58-59(53,54)57-46-44-51(3,4)5)55-45-42-40-38-36-34-32-30-23-21-19-17-15-13-11-9-7-2/h17,19-20,22,42,45,49H,6-16,18,21,23-41,43-44,46-48H2,1-5H3/b19-17-,22-20-,45-42-. The van der Waals surface area contributed by atoms with Crippen LogP contribution in [-0.4, -0.2) is 64.1 Å². The Morgan fingerprint density at radius 2 is 0.898 bits per heavy atom. The molecule has 8 nitrogen and oxygen atoms in total. The molecule has 348 valence electrons. The Labute approximate surface area is 365 Å². The molecule has 0 amide bonds. The number of rotatable bonds is 46. The summed E-state index contributed by atoms with van der Waals surface area (Å²) in [4.78, 5) is 24.9. The van der Waals surface area contributed by atoms with Gasteiger partial charge in [0.25, 0.3) is 7.82 Å². The Bertz CT molecular complexity index is 1040. The van der Waals surface area contributed by atoms with Crippen molar-refractivity contribution in [2.24, 2.45) is 0 Å². The highest BCUT2D eigenvalue weighted by molar-refractivity contribution is 7.45. The van der Waals surface area contributed by atoms with Gasteiger partial charge in [0.1, 0.15) is 19.8 Å². The van der Waals surface area contributed by atoms with E-state index in [9.17, 15) is 14.3 Å². The van der Waals surface area contributed by atoms with E-state index in [4.69, 9.17) is 18.5 Å². The van der Waals surface area contributed by atoms with E-state index in [0.29, 0.717) is 17.4 Å². The maximum atomic E-state index is 12.5. The van der Waals surface area contributed by atoms with Crippen LogP contribution in [0.15, 0.2) is 36.6 Å². The van der Waals surface area contributed by atoms with Crippen molar-refractivity contribution in [3.05, 3.63) is 36.6 Å². The molecule has 0 saturated carbocycles. The quantitative estimate of drug-likeness (QED) is 0.0150. The molecular formula is C50H96NO7P. The normalized spacial score (nSPS) is 13.9. The third-order valence-corrected chi connectivity index (χ3v) is 11.7. The van der Waals surface area contributed by atoms with Crippen LogP contribution in [0.3, 0.4) is 0 Å². The van der Waals surface area contributed by atoms with Crippen LogP contribution < -0.4 is 4.89 Å². The van der Waals surface area contributed by atoms with E-state index in [1.165, 1.54) is 173 Å². The minimum atomic E-state index is -4.52. The summed E-state index contributed by atoms with van der Waals surface area (Å²) in [6, 6.07) is 0. The summed E-state index contributed by atoms with van der Waals surface area (Å²) < 4.78 is 34.5. The van der Waals surface area contributed by atoms with Crippen molar-refractivity contribution in [2.75, 3.05) is 47.5 Å². The number of phosphoric acid groups is 1. The van der Waals surface area contributed by atoms with Gasteiger partial charge in [-0.15, -0.1) is 0 Å². The predicted molar refractivity (Wildman–Crippen MR) is 249 cm³/mol. The van der Waals surface area contributed by atoms with E-state index >= 15 is 0 Å². The number of carbonyl (C=O) groups excluding carboxylic acids is 1. The molecule has 0 aliphatic heterocycles. The van der Waals surface area contributed by atoms with Crippen molar-refractivity contribution in [1.82, 2.24) is 0 Å². The van der Waals surface area contributed by atoms with Gasteiger partial charge < -0.3 is 27.9 Å². The highest BCUT2D eigenvalue weighted by Crippen LogP contribution is 2.38. The number of nitrogens with zero attached hydrogens (tertiary/aromatic N) is 1. The van der Waals surface area contributed by atoms with Crippen LogP contribution in [0, 0.1) is 0 Å². The van der Waals surface area contributed by atoms with Gasteiger partial charge in [0, 0.05) is 6.42 Å². The molecule has 0 radical (unpaired) electrons. The lowest BCUT2D eigenvalue weighted by Gasteiger charge is -2.28. The van der Waals surface area contributed by atoms with Gasteiger partial charge in [-0.25, -0.2) is 0 Å². The van der Waals surface area contributed by atoms with Crippen molar-refractivity contribution in [1.29, 1.82) is 0 Å². The van der Waals surface area contributed by atoms with E-state index in [1.54, 1.807) is 6.26 Å². The van der Waals surface area contributed by atoms with Crippen LogP contribution in [0.1, 0.15) is 226 Å². The molecule has 2 unspecified atom stereocenters. The SMILES string of the molecule is CCCCCC/C=C\CCCCCCCC/C=C\OC(COC(=O)CCCCCCCCCCCCC/C=C\CCCCCCCC)COP(=O)([O-])OCC[N+](C)(C)C. The number of hydrogen-bond donors (Lipinski definition) is 0. The summed E-state index contributed by atoms with van der Waals surface area (Å²) in [5.74, 6) is -0.293. The van der Waals surface area contributed by atoms with Crippen molar-refractivity contribution in [3.63, 3.8) is 0 Å². The number of ether oxygens (including phenoxy) is 2. The molecule has 0 aromatic rings. The first-order chi connectivity index (χ1) is 28.6. The number of unbranched alkanes of at least 4 members (excludes halogenated alkanes) is 28. The van der Waals surface area contributed by atoms with E-state index < -0.39 is 13.9 Å². The van der Waals surface area contributed by atoms with Crippen LogP contribution in [0.5, 0.6) is 0 Å². The summed E-state index contributed by atoms with van der Waals surface area (Å²) in [5.41, 5.74) is 0. The molecule has 9 heteroatoms. The van der Waals surface area contributed by atoms with Crippen LogP contribution in [0.2, 0.25) is 0 Å². The van der Waals surface area contributed by atoms with E-state index in [0.717, 1.165) is 32.1 Å². The van der Waals surface area contributed by atoms with Crippen LogP contribution in [0.25, 0.3) is 0 Å². The molecule has 0 saturated heterocycles. The Morgan fingerprint density at radius 3 is 1.32 bits per heavy atom. The van der Waals surface area contributed by atoms with Gasteiger partial charge in [-0.3, -0.25) is 9.36 Å². The first kappa shape index (κ1) is 57.6. The number of esters is 1. The third-order valence-electron chi connectivity index (χ3n) is 10.8. The lowest BCUT2D eigenvalue weighted by molar-refractivity contribution is -0.870. The Balaban J connectivity index is 4.17. The molecular weight excluding hydrogens is 758 g/mol. The number of phosphoric ester groups is 1. The highest BCUT2D eigenvalue weighted by Gasteiger charge is 2.19. The maximum absolute atomic E-state index is 12.5. The lowest BCUT2D eigenvalue weighted by Crippen LogP contribution is -2.37. The Hall–Kier alpha value is -1.44. The van der Waals surface area contributed by atoms with E-state index in [-0.39, 0.29) is 25.8 Å². The molecule has 2 atom stereocenters. The highest BCUT2D eigenvalue weighted by atomic mass is 31.2. The first-order valence-corrected chi connectivity index (χ1v) is 26.2. The van der Waals surface area contributed by atoms with Crippen molar-refractivity contribution >= 4 is 13.8 Å². The van der Waals surface area contributed by atoms with Gasteiger partial charge in [0.05, 0.1) is 34.0 Å². The van der Waals surface area contributed by atoms with Crippen molar-refractivity contribution in [2.45, 2.75) is 232 Å². The molecule has 59 heavy (non-hydrogen) atoms. The number of quaternary nitrogens is 1. The minimum Gasteiger partial charge on any atom is -0.756 e. The molecule has 0 spiro atoms. The second kappa shape index (κ2) is 43.2. The summed E-state index contributed by atoms with van der Waals surface area (Å²) in [6.07, 6.45) is 52.6. The molecule has 0 N–H and O–H groups in total. The zero-order valence-corrected chi connectivity index (χ0v) is 40.4. The maximum Gasteiger partial charge on any atom is 0.305 e. The number of carbonyl (C=O) groups is 1. The molecule has 0 fully saturated rings. The number of allylic oxidation sites excluding steroid dienone is 5. The smallest absolute Gasteiger partial charge is 0.305 e. The van der Waals surface area contributed by atoms with Gasteiger partial charge in [0.2, 0.25) is 0 Å². The van der Waals surface area contributed by atoms with Crippen LogP contribution in [0.4, 0.5) is 0 Å². The second-order valence-corrected chi connectivity index (χ2v) is 19.3. The molecule has 0 aromatic heterocycles. The molecule has 0 heterocycles. The van der Waals surface area contributed by atoms with E-state index in [2.05, 4.69) is 38.2 Å².